The van der Waals surface area contributed by atoms with E-state index in [9.17, 15) is 14.7 Å². The van der Waals surface area contributed by atoms with Crippen LogP contribution in [0.3, 0.4) is 0 Å². The Balaban J connectivity index is 1.55. The highest BCUT2D eigenvalue weighted by atomic mass is 16.3. The van der Waals surface area contributed by atoms with Gasteiger partial charge in [-0.3, -0.25) is 9.59 Å². The predicted octanol–water partition coefficient (Wildman–Crippen LogP) is 4.35. The Morgan fingerprint density at radius 3 is 2.59 bits per heavy atom. The van der Waals surface area contributed by atoms with Crippen LogP contribution in [0.4, 0.5) is 5.69 Å². The van der Waals surface area contributed by atoms with E-state index in [0.717, 1.165) is 23.9 Å². The average Bonchev–Trinajstić information content (AvgIpc) is 3.24. The molecule has 1 unspecified atom stereocenters. The van der Waals surface area contributed by atoms with Crippen molar-refractivity contribution in [3.05, 3.63) is 71.8 Å². The first kappa shape index (κ1) is 19.0. The van der Waals surface area contributed by atoms with Crippen molar-refractivity contribution in [3.8, 4) is 5.75 Å². The van der Waals surface area contributed by atoms with Gasteiger partial charge in [0.05, 0.1) is 5.56 Å². The van der Waals surface area contributed by atoms with E-state index in [4.69, 9.17) is 0 Å². The number of hydrogen-bond donors (Lipinski definition) is 2. The average molecular weight is 388 g/mol. The van der Waals surface area contributed by atoms with E-state index in [2.05, 4.69) is 12.2 Å². The molecule has 29 heavy (non-hydrogen) atoms. The normalized spacial score (nSPS) is 16.2. The van der Waals surface area contributed by atoms with Gasteiger partial charge in [-0.25, -0.2) is 0 Å². The zero-order chi connectivity index (χ0) is 20.4. The van der Waals surface area contributed by atoms with Gasteiger partial charge in [0.15, 0.2) is 0 Å². The third-order valence-electron chi connectivity index (χ3n) is 5.58. The van der Waals surface area contributed by atoms with E-state index in [0.29, 0.717) is 18.4 Å². The minimum atomic E-state index is -0.542. The number of carbonyl (C=O) groups is 2. The number of anilines is 1. The molecule has 3 aromatic carbocycles. The van der Waals surface area contributed by atoms with Crippen molar-refractivity contribution in [3.63, 3.8) is 0 Å². The Morgan fingerprint density at radius 1 is 1.07 bits per heavy atom. The number of fused-ring (bicyclic) bond motifs is 1. The fourth-order valence-electron chi connectivity index (χ4n) is 3.91. The number of likely N-dealkylation sites (tertiary alicyclic amines) is 1. The lowest BCUT2D eigenvalue weighted by molar-refractivity contribution is -0.119. The summed E-state index contributed by atoms with van der Waals surface area (Å²) in [4.78, 5) is 27.6. The van der Waals surface area contributed by atoms with Gasteiger partial charge in [-0.05, 0) is 48.4 Å². The van der Waals surface area contributed by atoms with Crippen LogP contribution in [0.5, 0.6) is 5.75 Å². The number of aromatic hydroxyl groups is 1. The number of phenolic OH excluding ortho intramolecular Hbond substituents is 1. The fourth-order valence-corrected chi connectivity index (χ4v) is 3.91. The maximum absolute atomic E-state index is 13.1. The van der Waals surface area contributed by atoms with Gasteiger partial charge in [0.1, 0.15) is 11.8 Å². The van der Waals surface area contributed by atoms with Crippen LogP contribution >= 0.6 is 0 Å². The van der Waals surface area contributed by atoms with Gasteiger partial charge in [-0.1, -0.05) is 49.4 Å². The molecule has 0 aromatic heterocycles. The highest BCUT2D eigenvalue weighted by Gasteiger charge is 2.35. The zero-order valence-electron chi connectivity index (χ0n) is 16.4. The lowest BCUT2D eigenvalue weighted by atomic mass is 10.0. The number of benzene rings is 3. The van der Waals surface area contributed by atoms with E-state index in [1.54, 1.807) is 17.0 Å². The summed E-state index contributed by atoms with van der Waals surface area (Å²) >= 11 is 0. The maximum Gasteiger partial charge on any atom is 0.258 e. The molecule has 1 atom stereocenters. The number of nitrogens with one attached hydrogen (secondary N) is 1. The molecule has 4 rings (SSSR count). The molecule has 3 aromatic rings. The van der Waals surface area contributed by atoms with Crippen molar-refractivity contribution in [1.29, 1.82) is 0 Å². The second-order valence-corrected chi connectivity index (χ2v) is 7.38. The van der Waals surface area contributed by atoms with Gasteiger partial charge in [0, 0.05) is 17.6 Å². The number of amides is 2. The van der Waals surface area contributed by atoms with Crippen molar-refractivity contribution in [2.45, 2.75) is 32.2 Å². The molecule has 0 aliphatic carbocycles. The van der Waals surface area contributed by atoms with Gasteiger partial charge in [0.2, 0.25) is 5.91 Å². The summed E-state index contributed by atoms with van der Waals surface area (Å²) < 4.78 is 0. The van der Waals surface area contributed by atoms with Crippen LogP contribution in [0, 0.1) is 0 Å². The number of phenols is 1. The first-order chi connectivity index (χ1) is 14.1. The fraction of sp³-hybridized carbons (Fsp3) is 0.250. The number of rotatable bonds is 4. The summed E-state index contributed by atoms with van der Waals surface area (Å²) in [6, 6.07) is 18.0. The summed E-state index contributed by atoms with van der Waals surface area (Å²) in [6.07, 6.45) is 2.31. The largest absolute Gasteiger partial charge is 0.506 e. The minimum absolute atomic E-state index is 0.0330. The molecule has 5 nitrogen and oxygen atoms in total. The highest BCUT2D eigenvalue weighted by molar-refractivity contribution is 6.06. The number of carbonyl (C=O) groups excluding carboxylic acids is 2. The standard InChI is InChI=1S/C24H24N2O3/c1-2-16-9-12-18(13-10-16)25-23(28)21-8-5-15-26(21)24(29)20-14-11-17-6-3-4-7-19(17)22(20)27/h3-4,6-7,9-14,21,27H,2,5,8,15H2,1H3,(H,25,28). The molecule has 5 heteroatoms. The molecular weight excluding hydrogens is 364 g/mol. The van der Waals surface area contributed by atoms with Crippen LogP contribution < -0.4 is 5.32 Å². The molecule has 0 bridgehead atoms. The predicted molar refractivity (Wildman–Crippen MR) is 114 cm³/mol. The molecule has 2 N–H and O–H groups in total. The van der Waals surface area contributed by atoms with Gasteiger partial charge in [-0.2, -0.15) is 0 Å². The second-order valence-electron chi connectivity index (χ2n) is 7.38. The van der Waals surface area contributed by atoms with E-state index in [-0.39, 0.29) is 23.1 Å². The number of aryl methyl sites for hydroxylation is 1. The Bertz CT molecular complexity index is 1060. The monoisotopic (exact) mass is 388 g/mol. The first-order valence-electron chi connectivity index (χ1n) is 10.00. The van der Waals surface area contributed by atoms with Gasteiger partial charge in [-0.15, -0.1) is 0 Å². The molecule has 2 amide bonds. The highest BCUT2D eigenvalue weighted by Crippen LogP contribution is 2.31. The van der Waals surface area contributed by atoms with Crippen molar-refractivity contribution in [2.75, 3.05) is 11.9 Å². The zero-order valence-corrected chi connectivity index (χ0v) is 16.4. The Labute approximate surface area is 170 Å². The molecule has 148 valence electrons. The summed E-state index contributed by atoms with van der Waals surface area (Å²) in [5.74, 6) is -0.540. The molecule has 1 heterocycles. The number of hydrogen-bond acceptors (Lipinski definition) is 3. The van der Waals surface area contributed by atoms with Gasteiger partial charge >= 0.3 is 0 Å². The van der Waals surface area contributed by atoms with Crippen molar-refractivity contribution in [1.82, 2.24) is 4.90 Å². The number of nitrogens with zero attached hydrogens (tertiary/aromatic N) is 1. The first-order valence-corrected chi connectivity index (χ1v) is 10.00. The van der Waals surface area contributed by atoms with Crippen molar-refractivity contribution in [2.24, 2.45) is 0 Å². The minimum Gasteiger partial charge on any atom is -0.506 e. The third kappa shape index (κ3) is 3.68. The Kier molecular flexibility index (Phi) is 5.21. The molecule has 0 spiro atoms. The van der Waals surface area contributed by atoms with Crippen molar-refractivity contribution >= 4 is 28.3 Å². The van der Waals surface area contributed by atoms with E-state index in [1.807, 2.05) is 48.5 Å². The SMILES string of the molecule is CCc1ccc(NC(=O)C2CCCN2C(=O)c2ccc3ccccc3c2O)cc1. The van der Waals surface area contributed by atoms with Crippen LogP contribution in [-0.2, 0) is 11.2 Å². The lowest BCUT2D eigenvalue weighted by Crippen LogP contribution is -2.43. The van der Waals surface area contributed by atoms with E-state index < -0.39 is 6.04 Å². The van der Waals surface area contributed by atoms with Crippen LogP contribution in [0.2, 0.25) is 0 Å². The molecule has 1 fully saturated rings. The topological polar surface area (TPSA) is 69.6 Å². The molecule has 1 saturated heterocycles. The molecular formula is C24H24N2O3. The van der Waals surface area contributed by atoms with Crippen LogP contribution in [0.15, 0.2) is 60.7 Å². The summed E-state index contributed by atoms with van der Waals surface area (Å²) in [5.41, 5.74) is 2.16. The summed E-state index contributed by atoms with van der Waals surface area (Å²) in [5, 5.41) is 15.1. The van der Waals surface area contributed by atoms with Gasteiger partial charge < -0.3 is 15.3 Å². The summed E-state index contributed by atoms with van der Waals surface area (Å²) in [6.45, 7) is 2.58. The van der Waals surface area contributed by atoms with Gasteiger partial charge in [0.25, 0.3) is 5.91 Å². The molecule has 1 aliphatic heterocycles. The Hall–Kier alpha value is -3.34. The lowest BCUT2D eigenvalue weighted by Gasteiger charge is -2.24. The Morgan fingerprint density at radius 2 is 1.83 bits per heavy atom. The third-order valence-corrected chi connectivity index (χ3v) is 5.58. The smallest absolute Gasteiger partial charge is 0.258 e. The second kappa shape index (κ2) is 7.95. The maximum atomic E-state index is 13.1. The van der Waals surface area contributed by atoms with Crippen LogP contribution in [-0.4, -0.2) is 34.4 Å². The quantitative estimate of drug-likeness (QED) is 0.698. The molecule has 0 radical (unpaired) electrons. The molecule has 1 aliphatic rings. The summed E-state index contributed by atoms with van der Waals surface area (Å²) in [7, 11) is 0. The molecule has 0 saturated carbocycles. The van der Waals surface area contributed by atoms with Crippen LogP contribution in [0.1, 0.15) is 35.7 Å². The van der Waals surface area contributed by atoms with Crippen molar-refractivity contribution < 1.29 is 14.7 Å². The van der Waals surface area contributed by atoms with Crippen LogP contribution in [0.25, 0.3) is 10.8 Å². The van der Waals surface area contributed by atoms with E-state index in [1.165, 1.54) is 5.56 Å². The van der Waals surface area contributed by atoms with E-state index >= 15 is 0 Å².